The van der Waals surface area contributed by atoms with Crippen molar-refractivity contribution >= 4 is 54.3 Å². The van der Waals surface area contributed by atoms with E-state index in [1.807, 2.05) is 51.4 Å². The Morgan fingerprint density at radius 3 is 2.60 bits per heavy atom. The summed E-state index contributed by atoms with van der Waals surface area (Å²) in [5.74, 6) is -0.388. The zero-order valence-corrected chi connectivity index (χ0v) is 21.1. The first kappa shape index (κ1) is 23.2. The highest BCUT2D eigenvalue weighted by Gasteiger charge is 2.25. The first-order valence-corrected chi connectivity index (χ1v) is 12.4. The third-order valence-corrected chi connectivity index (χ3v) is 7.18. The summed E-state index contributed by atoms with van der Waals surface area (Å²) in [7, 11) is 4.00. The fourth-order valence-electron chi connectivity index (χ4n) is 4.47. The van der Waals surface area contributed by atoms with Crippen LogP contribution in [-0.2, 0) is 0 Å². The molecule has 35 heavy (non-hydrogen) atoms. The molecule has 0 aliphatic rings. The Labute approximate surface area is 207 Å². The van der Waals surface area contributed by atoms with Gasteiger partial charge in [-0.05, 0) is 81.0 Å². The molecule has 0 atom stereocenters. The van der Waals surface area contributed by atoms with Gasteiger partial charge in [0.2, 0.25) is 0 Å². The van der Waals surface area contributed by atoms with Crippen LogP contribution in [0.15, 0.2) is 63.8 Å². The van der Waals surface area contributed by atoms with Gasteiger partial charge < -0.3 is 9.32 Å². The number of carbonyl (C=O) groups excluding carboxylic acids is 1. The summed E-state index contributed by atoms with van der Waals surface area (Å²) in [6, 6.07) is 17.4. The SMILES string of the molecule is Cc1cc(C)c2nc(N(CCCN(C)C)C(=O)c3cc4c(ccc5ccccc54)oc3=O)sc2c1. The monoisotopic (exact) mass is 485 g/mol. The molecule has 0 bridgehead atoms. The van der Waals surface area contributed by atoms with E-state index in [9.17, 15) is 9.59 Å². The summed E-state index contributed by atoms with van der Waals surface area (Å²) < 4.78 is 6.64. The van der Waals surface area contributed by atoms with Gasteiger partial charge in [-0.2, -0.15) is 0 Å². The minimum absolute atomic E-state index is 0.0193. The van der Waals surface area contributed by atoms with Crippen LogP contribution in [0.3, 0.4) is 0 Å². The maximum Gasteiger partial charge on any atom is 0.349 e. The fourth-order valence-corrected chi connectivity index (χ4v) is 5.64. The molecule has 5 aromatic rings. The molecule has 2 aromatic heterocycles. The molecule has 5 rings (SSSR count). The summed E-state index contributed by atoms with van der Waals surface area (Å²) >= 11 is 1.48. The third kappa shape index (κ3) is 4.45. The van der Waals surface area contributed by atoms with Crippen molar-refractivity contribution in [1.82, 2.24) is 9.88 Å². The van der Waals surface area contributed by atoms with Crippen LogP contribution < -0.4 is 10.5 Å². The number of rotatable bonds is 6. The van der Waals surface area contributed by atoms with Gasteiger partial charge in [0.1, 0.15) is 11.1 Å². The van der Waals surface area contributed by atoms with Gasteiger partial charge in [-0.1, -0.05) is 47.7 Å². The molecule has 0 aliphatic carbocycles. The van der Waals surface area contributed by atoms with Crippen molar-refractivity contribution in [2.45, 2.75) is 20.3 Å². The topological polar surface area (TPSA) is 66.7 Å². The van der Waals surface area contributed by atoms with Crippen molar-refractivity contribution < 1.29 is 9.21 Å². The largest absolute Gasteiger partial charge is 0.422 e. The number of hydrogen-bond donors (Lipinski definition) is 0. The number of aryl methyl sites for hydroxylation is 2. The predicted molar refractivity (Wildman–Crippen MR) is 144 cm³/mol. The normalized spacial score (nSPS) is 11.7. The van der Waals surface area contributed by atoms with Crippen molar-refractivity contribution in [2.75, 3.05) is 32.1 Å². The molecule has 1 amide bonds. The highest BCUT2D eigenvalue weighted by molar-refractivity contribution is 7.22. The quantitative estimate of drug-likeness (QED) is 0.226. The van der Waals surface area contributed by atoms with E-state index in [1.54, 1.807) is 17.0 Å². The van der Waals surface area contributed by atoms with E-state index in [0.717, 1.165) is 50.5 Å². The number of hydrogen-bond acceptors (Lipinski definition) is 6. The lowest BCUT2D eigenvalue weighted by Gasteiger charge is -2.20. The number of nitrogens with zero attached hydrogens (tertiary/aromatic N) is 3. The number of fused-ring (bicyclic) bond motifs is 4. The van der Waals surface area contributed by atoms with E-state index < -0.39 is 5.63 Å². The summed E-state index contributed by atoms with van der Waals surface area (Å²) in [6.45, 7) is 5.34. The van der Waals surface area contributed by atoms with Crippen LogP contribution in [0.5, 0.6) is 0 Å². The van der Waals surface area contributed by atoms with Crippen LogP contribution in [0.25, 0.3) is 32.0 Å². The summed E-state index contributed by atoms with van der Waals surface area (Å²) in [5, 5.41) is 3.30. The molecule has 6 nitrogen and oxygen atoms in total. The Kier molecular flexibility index (Phi) is 6.13. The fraction of sp³-hybridized carbons (Fsp3) is 0.250. The highest BCUT2D eigenvalue weighted by atomic mass is 32.1. The molecule has 0 radical (unpaired) electrons. The molecule has 178 valence electrons. The highest BCUT2D eigenvalue weighted by Crippen LogP contribution is 2.33. The lowest BCUT2D eigenvalue weighted by atomic mass is 10.0. The van der Waals surface area contributed by atoms with Crippen molar-refractivity contribution in [1.29, 1.82) is 0 Å². The number of thiazole rings is 1. The van der Waals surface area contributed by atoms with Crippen molar-refractivity contribution in [3.63, 3.8) is 0 Å². The zero-order chi connectivity index (χ0) is 24.7. The van der Waals surface area contributed by atoms with Crippen molar-refractivity contribution in [2.24, 2.45) is 0 Å². The first-order chi connectivity index (χ1) is 16.8. The Balaban J connectivity index is 1.63. The van der Waals surface area contributed by atoms with E-state index in [4.69, 9.17) is 9.40 Å². The Bertz CT molecular complexity index is 1630. The summed E-state index contributed by atoms with van der Waals surface area (Å²) in [5.41, 5.74) is 2.96. The van der Waals surface area contributed by atoms with Crippen LogP contribution >= 0.6 is 11.3 Å². The molecule has 2 heterocycles. The molecule has 0 fully saturated rings. The number of amides is 1. The second-order valence-corrected chi connectivity index (χ2v) is 10.2. The van der Waals surface area contributed by atoms with Crippen LogP contribution in [0, 0.1) is 13.8 Å². The molecule has 3 aromatic carbocycles. The minimum Gasteiger partial charge on any atom is -0.422 e. The van der Waals surface area contributed by atoms with Crippen LogP contribution in [-0.4, -0.2) is 43.0 Å². The first-order valence-electron chi connectivity index (χ1n) is 11.6. The molecular formula is C28H27N3O3S. The van der Waals surface area contributed by atoms with Gasteiger partial charge in [-0.15, -0.1) is 0 Å². The van der Waals surface area contributed by atoms with Gasteiger partial charge in [-0.3, -0.25) is 9.69 Å². The lowest BCUT2D eigenvalue weighted by molar-refractivity contribution is 0.0982. The smallest absolute Gasteiger partial charge is 0.349 e. The van der Waals surface area contributed by atoms with Gasteiger partial charge >= 0.3 is 5.63 Å². The van der Waals surface area contributed by atoms with Gasteiger partial charge in [0.05, 0.1) is 10.2 Å². The molecule has 0 saturated carbocycles. The standard InChI is InChI=1S/C28H27N3O3S/c1-17-14-18(2)25-24(15-17)35-28(29-25)31(13-7-12-30(3)4)26(32)22-16-21-20-9-6-5-8-19(20)10-11-23(21)34-27(22)33/h5-6,8-11,14-16H,7,12-13H2,1-4H3. The Morgan fingerprint density at radius 1 is 1.00 bits per heavy atom. The second-order valence-electron chi connectivity index (χ2n) is 9.18. The third-order valence-electron chi connectivity index (χ3n) is 6.15. The van der Waals surface area contributed by atoms with Gasteiger partial charge in [0, 0.05) is 11.9 Å². The van der Waals surface area contributed by atoms with Gasteiger partial charge in [0.25, 0.3) is 5.91 Å². The predicted octanol–water partition coefficient (Wildman–Crippen LogP) is 5.77. The number of benzene rings is 3. The Morgan fingerprint density at radius 2 is 1.80 bits per heavy atom. The molecule has 7 heteroatoms. The van der Waals surface area contributed by atoms with E-state index in [1.165, 1.54) is 11.3 Å². The number of aromatic nitrogens is 1. The van der Waals surface area contributed by atoms with E-state index in [-0.39, 0.29) is 11.5 Å². The molecule has 0 aliphatic heterocycles. The molecule has 0 spiro atoms. The Hall–Kier alpha value is -3.55. The van der Waals surface area contributed by atoms with Crippen molar-refractivity contribution in [3.8, 4) is 0 Å². The maximum atomic E-state index is 13.9. The van der Waals surface area contributed by atoms with Crippen LogP contribution in [0.4, 0.5) is 5.13 Å². The molecular weight excluding hydrogens is 458 g/mol. The summed E-state index contributed by atoms with van der Waals surface area (Å²) in [4.78, 5) is 35.4. The average molecular weight is 486 g/mol. The van der Waals surface area contributed by atoms with E-state index in [0.29, 0.717) is 17.3 Å². The maximum absolute atomic E-state index is 13.9. The molecule has 0 saturated heterocycles. The zero-order valence-electron chi connectivity index (χ0n) is 20.3. The van der Waals surface area contributed by atoms with Crippen molar-refractivity contribution in [3.05, 3.63) is 81.7 Å². The summed E-state index contributed by atoms with van der Waals surface area (Å²) in [6.07, 6.45) is 0.745. The van der Waals surface area contributed by atoms with Crippen LogP contribution in [0.1, 0.15) is 27.9 Å². The average Bonchev–Trinajstić information content (AvgIpc) is 3.24. The van der Waals surface area contributed by atoms with Gasteiger partial charge in [-0.25, -0.2) is 9.78 Å². The van der Waals surface area contributed by atoms with E-state index >= 15 is 0 Å². The minimum atomic E-state index is -0.636. The van der Waals surface area contributed by atoms with Crippen LogP contribution in [0.2, 0.25) is 0 Å². The second kappa shape index (κ2) is 9.24. The van der Waals surface area contributed by atoms with Gasteiger partial charge in [0.15, 0.2) is 5.13 Å². The lowest BCUT2D eigenvalue weighted by Crippen LogP contribution is -2.36. The number of carbonyl (C=O) groups is 1. The molecule has 0 N–H and O–H groups in total. The number of anilines is 1. The molecule has 0 unspecified atom stereocenters. The van der Waals surface area contributed by atoms with E-state index in [2.05, 4.69) is 24.0 Å².